The number of nitrogens with zero attached hydrogens (tertiary/aromatic N) is 1. The van der Waals surface area contributed by atoms with Gasteiger partial charge in [0, 0.05) is 32.7 Å². The largest absolute Gasteiger partial charge is 0.494 e. The number of ether oxygens (including phenoxy) is 1. The molecular weight excluding hydrogens is 248 g/mol. The highest BCUT2D eigenvalue weighted by Crippen LogP contribution is 2.15. The van der Waals surface area contributed by atoms with Gasteiger partial charge >= 0.3 is 0 Å². The fourth-order valence-corrected chi connectivity index (χ4v) is 2.50. The molecule has 0 saturated carbocycles. The summed E-state index contributed by atoms with van der Waals surface area (Å²) in [5.74, 6) is 1.76. The first kappa shape index (κ1) is 15.3. The molecule has 1 aromatic rings. The van der Waals surface area contributed by atoms with Gasteiger partial charge in [-0.25, -0.2) is 0 Å². The second-order valence-corrected chi connectivity index (χ2v) is 6.05. The molecule has 20 heavy (non-hydrogen) atoms. The molecule has 0 atom stereocenters. The maximum Gasteiger partial charge on any atom is 0.119 e. The molecule has 1 aliphatic rings. The van der Waals surface area contributed by atoms with Crippen molar-refractivity contribution in [2.24, 2.45) is 5.92 Å². The van der Waals surface area contributed by atoms with Gasteiger partial charge in [0.2, 0.25) is 0 Å². The molecule has 3 heteroatoms. The summed E-state index contributed by atoms with van der Waals surface area (Å²) in [5, 5.41) is 3.38. The maximum absolute atomic E-state index is 5.78. The highest BCUT2D eigenvalue weighted by Gasteiger charge is 2.09. The van der Waals surface area contributed by atoms with Crippen LogP contribution in [0.2, 0.25) is 0 Å². The molecule has 0 aliphatic carbocycles. The zero-order valence-corrected chi connectivity index (χ0v) is 12.9. The topological polar surface area (TPSA) is 24.5 Å². The summed E-state index contributed by atoms with van der Waals surface area (Å²) in [7, 11) is 0. The molecule has 0 amide bonds. The monoisotopic (exact) mass is 276 g/mol. The third kappa shape index (κ3) is 5.51. The molecule has 1 saturated heterocycles. The van der Waals surface area contributed by atoms with E-state index in [-0.39, 0.29) is 0 Å². The van der Waals surface area contributed by atoms with Crippen molar-refractivity contribution in [2.45, 2.75) is 33.2 Å². The van der Waals surface area contributed by atoms with Crippen LogP contribution < -0.4 is 10.1 Å². The van der Waals surface area contributed by atoms with Crippen LogP contribution in [-0.4, -0.2) is 37.7 Å². The lowest BCUT2D eigenvalue weighted by Crippen LogP contribution is -2.42. The van der Waals surface area contributed by atoms with Crippen molar-refractivity contribution in [2.75, 3.05) is 32.8 Å². The Bertz CT molecular complexity index is 369. The summed E-state index contributed by atoms with van der Waals surface area (Å²) < 4.78 is 5.78. The molecule has 2 rings (SSSR count). The molecule has 112 valence electrons. The van der Waals surface area contributed by atoms with E-state index >= 15 is 0 Å². The second kappa shape index (κ2) is 8.28. The lowest BCUT2D eigenvalue weighted by Gasteiger charge is -2.27. The van der Waals surface area contributed by atoms with Crippen LogP contribution in [0.25, 0.3) is 0 Å². The Morgan fingerprint density at radius 1 is 1.15 bits per heavy atom. The van der Waals surface area contributed by atoms with Crippen LogP contribution in [0.4, 0.5) is 0 Å². The van der Waals surface area contributed by atoms with Crippen LogP contribution in [-0.2, 0) is 6.54 Å². The van der Waals surface area contributed by atoms with Gasteiger partial charge in [-0.05, 0) is 36.5 Å². The van der Waals surface area contributed by atoms with Gasteiger partial charge in [0.15, 0.2) is 0 Å². The van der Waals surface area contributed by atoms with Crippen LogP contribution in [0.1, 0.15) is 32.3 Å². The summed E-state index contributed by atoms with van der Waals surface area (Å²) >= 11 is 0. The standard InChI is InChI=1S/C17H28N2O/c1-15(2)4-3-13-20-17-7-5-16(6-8-17)14-19-11-9-18-10-12-19/h5-8,15,18H,3-4,9-14H2,1-2H3. The van der Waals surface area contributed by atoms with Gasteiger partial charge in [-0.3, -0.25) is 4.90 Å². The van der Waals surface area contributed by atoms with Gasteiger partial charge in [0.25, 0.3) is 0 Å². The van der Waals surface area contributed by atoms with Crippen LogP contribution in [0, 0.1) is 5.92 Å². The zero-order valence-electron chi connectivity index (χ0n) is 12.9. The predicted molar refractivity (Wildman–Crippen MR) is 84.2 cm³/mol. The van der Waals surface area contributed by atoms with E-state index in [1.165, 1.54) is 12.0 Å². The number of hydrogen-bond donors (Lipinski definition) is 1. The van der Waals surface area contributed by atoms with Crippen LogP contribution in [0.3, 0.4) is 0 Å². The normalized spacial score (nSPS) is 16.6. The van der Waals surface area contributed by atoms with Gasteiger partial charge in [-0.1, -0.05) is 26.0 Å². The minimum absolute atomic E-state index is 0.764. The van der Waals surface area contributed by atoms with E-state index in [0.29, 0.717) is 0 Å². The lowest BCUT2D eigenvalue weighted by molar-refractivity contribution is 0.233. The van der Waals surface area contributed by atoms with Crippen molar-refractivity contribution in [1.82, 2.24) is 10.2 Å². The average molecular weight is 276 g/mol. The molecule has 3 nitrogen and oxygen atoms in total. The van der Waals surface area contributed by atoms with Crippen LogP contribution >= 0.6 is 0 Å². The first-order chi connectivity index (χ1) is 9.74. The molecule has 0 aromatic heterocycles. The quantitative estimate of drug-likeness (QED) is 0.775. The van der Waals surface area contributed by atoms with E-state index in [9.17, 15) is 0 Å². The Morgan fingerprint density at radius 2 is 1.85 bits per heavy atom. The summed E-state index contributed by atoms with van der Waals surface area (Å²) in [6.45, 7) is 10.9. The number of rotatable bonds is 7. The van der Waals surface area contributed by atoms with Crippen molar-refractivity contribution in [1.29, 1.82) is 0 Å². The van der Waals surface area contributed by atoms with E-state index in [1.54, 1.807) is 0 Å². The fourth-order valence-electron chi connectivity index (χ4n) is 2.50. The smallest absolute Gasteiger partial charge is 0.119 e. The summed E-state index contributed by atoms with van der Waals surface area (Å²) in [6.07, 6.45) is 2.38. The summed E-state index contributed by atoms with van der Waals surface area (Å²) in [4.78, 5) is 2.50. The first-order valence-corrected chi connectivity index (χ1v) is 7.89. The van der Waals surface area contributed by atoms with Gasteiger partial charge in [0.05, 0.1) is 6.61 Å². The minimum atomic E-state index is 0.764. The van der Waals surface area contributed by atoms with Crippen LogP contribution in [0.5, 0.6) is 5.75 Å². The van der Waals surface area contributed by atoms with E-state index in [1.807, 2.05) is 0 Å². The van der Waals surface area contributed by atoms with Crippen molar-refractivity contribution < 1.29 is 4.74 Å². The number of nitrogens with one attached hydrogen (secondary N) is 1. The van der Waals surface area contributed by atoms with E-state index < -0.39 is 0 Å². The summed E-state index contributed by atoms with van der Waals surface area (Å²) in [5.41, 5.74) is 1.38. The molecule has 1 fully saturated rings. The molecule has 0 spiro atoms. The third-order valence-electron chi connectivity index (χ3n) is 3.73. The van der Waals surface area contributed by atoms with E-state index in [0.717, 1.165) is 57.4 Å². The number of hydrogen-bond acceptors (Lipinski definition) is 3. The molecule has 0 bridgehead atoms. The van der Waals surface area contributed by atoms with Crippen molar-refractivity contribution >= 4 is 0 Å². The lowest BCUT2D eigenvalue weighted by atomic mass is 10.1. The fraction of sp³-hybridized carbons (Fsp3) is 0.647. The Hall–Kier alpha value is -1.06. The molecule has 0 unspecified atom stereocenters. The van der Waals surface area contributed by atoms with Crippen molar-refractivity contribution in [3.63, 3.8) is 0 Å². The van der Waals surface area contributed by atoms with Gasteiger partial charge in [0.1, 0.15) is 5.75 Å². The summed E-state index contributed by atoms with van der Waals surface area (Å²) in [6, 6.07) is 8.60. The third-order valence-corrected chi connectivity index (χ3v) is 3.73. The Balaban J connectivity index is 1.71. The average Bonchev–Trinajstić information content (AvgIpc) is 2.46. The maximum atomic E-state index is 5.78. The second-order valence-electron chi connectivity index (χ2n) is 6.05. The predicted octanol–water partition coefficient (Wildman–Crippen LogP) is 2.91. The Morgan fingerprint density at radius 3 is 2.50 bits per heavy atom. The highest BCUT2D eigenvalue weighted by atomic mass is 16.5. The van der Waals surface area contributed by atoms with Gasteiger partial charge < -0.3 is 10.1 Å². The molecule has 1 heterocycles. The van der Waals surface area contributed by atoms with Gasteiger partial charge in [-0.15, -0.1) is 0 Å². The Kier molecular flexibility index (Phi) is 6.34. The molecule has 1 aliphatic heterocycles. The molecule has 0 radical (unpaired) electrons. The highest BCUT2D eigenvalue weighted by molar-refractivity contribution is 5.27. The number of piperazine rings is 1. The van der Waals surface area contributed by atoms with Crippen LogP contribution in [0.15, 0.2) is 24.3 Å². The molecule has 1 N–H and O–H groups in total. The molecular formula is C17H28N2O. The molecule has 1 aromatic carbocycles. The van der Waals surface area contributed by atoms with E-state index in [4.69, 9.17) is 4.74 Å². The van der Waals surface area contributed by atoms with Crippen molar-refractivity contribution in [3.8, 4) is 5.75 Å². The minimum Gasteiger partial charge on any atom is -0.494 e. The van der Waals surface area contributed by atoms with Gasteiger partial charge in [-0.2, -0.15) is 0 Å². The zero-order chi connectivity index (χ0) is 14.2. The van der Waals surface area contributed by atoms with E-state index in [2.05, 4.69) is 48.3 Å². The van der Waals surface area contributed by atoms with Crippen molar-refractivity contribution in [3.05, 3.63) is 29.8 Å². The Labute approximate surface area is 123 Å². The first-order valence-electron chi connectivity index (χ1n) is 7.89. The number of benzene rings is 1. The SMILES string of the molecule is CC(C)CCCOc1ccc(CN2CCNCC2)cc1.